The lowest BCUT2D eigenvalue weighted by Crippen LogP contribution is -2.49. The zero-order valence-corrected chi connectivity index (χ0v) is 15.1. The number of aliphatic hydroxyl groups is 4. The Morgan fingerprint density at radius 1 is 0.957 bits per heavy atom. The lowest BCUT2D eigenvalue weighted by molar-refractivity contribution is -0.145. The van der Waals surface area contributed by atoms with Crippen molar-refractivity contribution >= 4 is 5.78 Å². The summed E-state index contributed by atoms with van der Waals surface area (Å²) in [5, 5.41) is 40.6. The van der Waals surface area contributed by atoms with Gasteiger partial charge in [-0.3, -0.25) is 4.79 Å². The average Bonchev–Trinajstić information content (AvgIpc) is 2.52. The van der Waals surface area contributed by atoms with E-state index in [1.165, 1.54) is 0 Å². The number of carbonyl (C=O) groups is 1. The third kappa shape index (κ3) is 4.53. The van der Waals surface area contributed by atoms with Crippen molar-refractivity contribution in [2.75, 3.05) is 0 Å². The molecule has 0 heterocycles. The van der Waals surface area contributed by atoms with Gasteiger partial charge in [-0.05, 0) is 25.2 Å². The van der Waals surface area contributed by atoms with E-state index in [4.69, 9.17) is 0 Å². The number of carbonyl (C=O) groups excluding carboxylic acids is 1. The van der Waals surface area contributed by atoms with Gasteiger partial charge < -0.3 is 20.4 Å². The summed E-state index contributed by atoms with van der Waals surface area (Å²) in [6.45, 7) is 9.44. The van der Waals surface area contributed by atoms with E-state index < -0.39 is 41.2 Å². The molecule has 5 heteroatoms. The van der Waals surface area contributed by atoms with E-state index in [1.54, 1.807) is 0 Å². The molecule has 1 rings (SSSR count). The van der Waals surface area contributed by atoms with Crippen LogP contribution >= 0.6 is 0 Å². The van der Waals surface area contributed by atoms with Crippen LogP contribution in [0.3, 0.4) is 0 Å². The van der Waals surface area contributed by atoms with E-state index in [1.807, 2.05) is 34.6 Å². The predicted molar refractivity (Wildman–Crippen MR) is 88.8 cm³/mol. The summed E-state index contributed by atoms with van der Waals surface area (Å²) in [6, 6.07) is 0. The van der Waals surface area contributed by atoms with Crippen molar-refractivity contribution in [3.05, 3.63) is 0 Å². The van der Waals surface area contributed by atoms with Gasteiger partial charge >= 0.3 is 0 Å². The molecule has 0 aliphatic heterocycles. The number of aliphatic hydroxyl groups excluding tert-OH is 4. The van der Waals surface area contributed by atoms with Crippen LogP contribution in [-0.2, 0) is 4.79 Å². The van der Waals surface area contributed by atoms with Crippen molar-refractivity contribution in [1.82, 2.24) is 0 Å². The first-order valence-corrected chi connectivity index (χ1v) is 8.72. The molecule has 1 aliphatic rings. The molecule has 0 aromatic carbocycles. The van der Waals surface area contributed by atoms with Crippen LogP contribution in [0, 0.1) is 16.7 Å². The van der Waals surface area contributed by atoms with E-state index in [9.17, 15) is 25.2 Å². The zero-order valence-electron chi connectivity index (χ0n) is 15.1. The quantitative estimate of drug-likeness (QED) is 0.628. The molecule has 23 heavy (non-hydrogen) atoms. The van der Waals surface area contributed by atoms with Gasteiger partial charge in [-0.2, -0.15) is 0 Å². The molecule has 0 spiro atoms. The largest absolute Gasteiger partial charge is 0.390 e. The van der Waals surface area contributed by atoms with E-state index >= 15 is 0 Å². The van der Waals surface area contributed by atoms with E-state index in [2.05, 4.69) is 0 Å². The maximum absolute atomic E-state index is 13.0. The van der Waals surface area contributed by atoms with Gasteiger partial charge in [0.15, 0.2) is 0 Å². The molecule has 1 aliphatic carbocycles. The highest BCUT2D eigenvalue weighted by atomic mass is 16.3. The first-order chi connectivity index (χ1) is 10.4. The summed E-state index contributed by atoms with van der Waals surface area (Å²) in [5.74, 6) is -0.336. The molecule has 0 bridgehead atoms. The van der Waals surface area contributed by atoms with Crippen LogP contribution in [0.4, 0.5) is 0 Å². The minimum atomic E-state index is -1.15. The summed E-state index contributed by atoms with van der Waals surface area (Å²) < 4.78 is 0. The monoisotopic (exact) mass is 330 g/mol. The molecule has 1 saturated carbocycles. The van der Waals surface area contributed by atoms with Crippen LogP contribution in [0.2, 0.25) is 0 Å². The molecule has 0 aromatic rings. The van der Waals surface area contributed by atoms with Gasteiger partial charge in [-0.15, -0.1) is 0 Å². The van der Waals surface area contributed by atoms with E-state index in [0.29, 0.717) is 25.7 Å². The highest BCUT2D eigenvalue weighted by molar-refractivity contribution is 5.89. The van der Waals surface area contributed by atoms with Crippen LogP contribution in [0.25, 0.3) is 0 Å². The van der Waals surface area contributed by atoms with Crippen molar-refractivity contribution in [1.29, 1.82) is 0 Å². The van der Waals surface area contributed by atoms with Gasteiger partial charge in [0.1, 0.15) is 5.78 Å². The molecule has 5 unspecified atom stereocenters. The Morgan fingerprint density at radius 2 is 1.52 bits per heavy atom. The minimum Gasteiger partial charge on any atom is -0.390 e. The Hall–Kier alpha value is -0.490. The Kier molecular flexibility index (Phi) is 6.79. The van der Waals surface area contributed by atoms with Gasteiger partial charge in [0.2, 0.25) is 0 Å². The predicted octanol–water partition coefficient (Wildman–Crippen LogP) is 1.65. The average molecular weight is 330 g/mol. The molecule has 0 aromatic heterocycles. The fourth-order valence-electron chi connectivity index (χ4n) is 3.71. The molecule has 136 valence electrons. The zero-order chi connectivity index (χ0) is 18.0. The Balaban J connectivity index is 3.08. The second kappa shape index (κ2) is 7.60. The topological polar surface area (TPSA) is 98.0 Å². The molecular formula is C18H34O5. The highest BCUT2D eigenvalue weighted by Gasteiger charge is 2.47. The van der Waals surface area contributed by atoms with Crippen LogP contribution < -0.4 is 0 Å². The summed E-state index contributed by atoms with van der Waals surface area (Å²) in [6.07, 6.45) is -2.06. The fraction of sp³-hybridized carbons (Fsp3) is 0.944. The van der Waals surface area contributed by atoms with E-state index in [0.717, 1.165) is 0 Å². The van der Waals surface area contributed by atoms with Gasteiger partial charge in [0.25, 0.3) is 0 Å². The van der Waals surface area contributed by atoms with Gasteiger partial charge in [-0.1, -0.05) is 41.0 Å². The molecule has 0 saturated heterocycles. The molecular weight excluding hydrogens is 296 g/mol. The Morgan fingerprint density at radius 3 is 2.04 bits per heavy atom. The third-order valence-electron chi connectivity index (χ3n) is 5.76. The molecule has 1 fully saturated rings. The first-order valence-electron chi connectivity index (χ1n) is 8.72. The normalized spacial score (nSPS) is 34.4. The Bertz CT molecular complexity index is 404. The molecule has 4 N–H and O–H groups in total. The van der Waals surface area contributed by atoms with Gasteiger partial charge in [-0.25, -0.2) is 0 Å². The van der Waals surface area contributed by atoms with Crippen molar-refractivity contribution in [2.24, 2.45) is 16.7 Å². The first kappa shape index (κ1) is 20.6. The van der Waals surface area contributed by atoms with Crippen LogP contribution in [0.15, 0.2) is 0 Å². The van der Waals surface area contributed by atoms with Crippen molar-refractivity contribution in [2.45, 2.75) is 91.1 Å². The molecule has 0 radical (unpaired) electrons. The third-order valence-corrected chi connectivity index (χ3v) is 5.76. The van der Waals surface area contributed by atoms with E-state index in [-0.39, 0.29) is 12.2 Å². The molecule has 5 atom stereocenters. The number of hydrogen-bond acceptors (Lipinski definition) is 5. The summed E-state index contributed by atoms with van der Waals surface area (Å²) >= 11 is 0. The standard InChI is InChI=1S/C18H34O5/c1-6-17(2,3)16(23)18(4,5)11-8-7-9-12(19)13(20)10-14(21)15(11)22/h11-15,19-22H,6-10H2,1-5H3. The highest BCUT2D eigenvalue weighted by Crippen LogP contribution is 2.42. The maximum atomic E-state index is 13.0. The SMILES string of the molecule is CCC(C)(C)C(=O)C(C)(C)C1CCCC(O)C(O)CC(O)C1O. The van der Waals surface area contributed by atoms with Crippen LogP contribution in [0.5, 0.6) is 0 Å². The van der Waals surface area contributed by atoms with Crippen molar-refractivity contribution in [3.63, 3.8) is 0 Å². The van der Waals surface area contributed by atoms with Gasteiger partial charge in [0, 0.05) is 17.3 Å². The second-order valence-electron chi connectivity index (χ2n) is 8.25. The Labute approximate surface area is 139 Å². The molecule has 5 nitrogen and oxygen atoms in total. The molecule has 0 amide bonds. The lowest BCUT2D eigenvalue weighted by Gasteiger charge is -2.42. The number of hydrogen-bond donors (Lipinski definition) is 4. The van der Waals surface area contributed by atoms with Crippen molar-refractivity contribution < 1.29 is 25.2 Å². The minimum absolute atomic E-state index is 0.0732. The smallest absolute Gasteiger partial charge is 0.144 e. The number of rotatable bonds is 4. The van der Waals surface area contributed by atoms with Crippen molar-refractivity contribution in [3.8, 4) is 0 Å². The maximum Gasteiger partial charge on any atom is 0.144 e. The fourth-order valence-corrected chi connectivity index (χ4v) is 3.71. The number of ketones is 1. The van der Waals surface area contributed by atoms with Crippen LogP contribution in [0.1, 0.15) is 66.7 Å². The summed E-state index contributed by atoms with van der Waals surface area (Å²) in [7, 11) is 0. The van der Waals surface area contributed by atoms with Crippen LogP contribution in [-0.4, -0.2) is 50.6 Å². The number of Topliss-reactive ketones (excluding diaryl/α,β-unsaturated/α-hetero) is 1. The summed E-state index contributed by atoms with van der Waals surface area (Å²) in [5.41, 5.74) is -1.29. The lowest BCUT2D eigenvalue weighted by atomic mass is 9.63. The van der Waals surface area contributed by atoms with Gasteiger partial charge in [0.05, 0.1) is 24.4 Å². The second-order valence-corrected chi connectivity index (χ2v) is 8.25. The summed E-state index contributed by atoms with van der Waals surface area (Å²) in [4.78, 5) is 13.0.